The number of hydrogen-bond acceptors (Lipinski definition) is 1. The Kier molecular flexibility index (Phi) is 5.51. The van der Waals surface area contributed by atoms with Crippen molar-refractivity contribution in [1.82, 2.24) is 4.90 Å². The number of unbranched alkanes of at least 4 members (excludes halogenated alkanes) is 2. The zero-order valence-electron chi connectivity index (χ0n) is 9.74. The van der Waals surface area contributed by atoms with Crippen molar-refractivity contribution in [2.75, 3.05) is 6.54 Å². The lowest BCUT2D eigenvalue weighted by Gasteiger charge is -2.27. The summed E-state index contributed by atoms with van der Waals surface area (Å²) in [6.45, 7) is 2.92. The fourth-order valence-corrected chi connectivity index (χ4v) is 2.36. The third kappa shape index (κ3) is 4.10. The minimum atomic E-state index is -0.724. The van der Waals surface area contributed by atoms with Crippen LogP contribution in [0.4, 0.5) is 4.79 Å². The van der Waals surface area contributed by atoms with E-state index in [2.05, 4.69) is 6.92 Å². The van der Waals surface area contributed by atoms with Gasteiger partial charge in [-0.25, -0.2) is 4.79 Å². The molecule has 0 bridgehead atoms. The third-order valence-electron chi connectivity index (χ3n) is 3.26. The summed E-state index contributed by atoms with van der Waals surface area (Å²) >= 11 is 0. The Morgan fingerprint density at radius 3 is 2.80 bits per heavy atom. The summed E-state index contributed by atoms with van der Waals surface area (Å²) in [5.41, 5.74) is 0. The molecule has 0 radical (unpaired) electrons. The molecule has 88 valence electrons. The van der Waals surface area contributed by atoms with E-state index in [0.717, 1.165) is 25.8 Å². The predicted octanol–water partition coefficient (Wildman–Crippen LogP) is 3.49. The van der Waals surface area contributed by atoms with Crippen LogP contribution in [0.3, 0.4) is 0 Å². The van der Waals surface area contributed by atoms with Gasteiger partial charge in [0.1, 0.15) is 0 Å². The number of rotatable bonds is 4. The summed E-state index contributed by atoms with van der Waals surface area (Å²) in [4.78, 5) is 12.7. The molecule has 1 N–H and O–H groups in total. The van der Waals surface area contributed by atoms with E-state index in [9.17, 15) is 4.79 Å². The molecule has 3 heteroatoms. The van der Waals surface area contributed by atoms with E-state index in [-0.39, 0.29) is 6.04 Å². The van der Waals surface area contributed by atoms with E-state index in [1.54, 1.807) is 4.90 Å². The number of amides is 1. The Labute approximate surface area is 92.5 Å². The van der Waals surface area contributed by atoms with Crippen molar-refractivity contribution in [3.05, 3.63) is 0 Å². The second-order valence-corrected chi connectivity index (χ2v) is 4.47. The van der Waals surface area contributed by atoms with E-state index in [1.807, 2.05) is 0 Å². The Hall–Kier alpha value is -0.730. The SMILES string of the molecule is CCCCC[C@H]1CCCCCN1C(=O)O. The van der Waals surface area contributed by atoms with Crippen LogP contribution in [0.1, 0.15) is 58.3 Å². The highest BCUT2D eigenvalue weighted by molar-refractivity contribution is 5.65. The van der Waals surface area contributed by atoms with Crippen LogP contribution in [-0.4, -0.2) is 28.7 Å². The maximum Gasteiger partial charge on any atom is 0.407 e. The molecule has 1 amide bonds. The topological polar surface area (TPSA) is 40.5 Å². The smallest absolute Gasteiger partial charge is 0.407 e. The van der Waals surface area contributed by atoms with Crippen LogP contribution in [0.2, 0.25) is 0 Å². The van der Waals surface area contributed by atoms with Gasteiger partial charge in [0, 0.05) is 12.6 Å². The summed E-state index contributed by atoms with van der Waals surface area (Å²) in [7, 11) is 0. The van der Waals surface area contributed by atoms with Gasteiger partial charge < -0.3 is 10.0 Å². The molecule has 1 rings (SSSR count). The highest BCUT2D eigenvalue weighted by Crippen LogP contribution is 2.21. The Bertz CT molecular complexity index is 194. The van der Waals surface area contributed by atoms with Crippen molar-refractivity contribution in [2.45, 2.75) is 64.3 Å². The highest BCUT2D eigenvalue weighted by Gasteiger charge is 2.24. The molecule has 15 heavy (non-hydrogen) atoms. The fourth-order valence-electron chi connectivity index (χ4n) is 2.36. The number of carbonyl (C=O) groups is 1. The van der Waals surface area contributed by atoms with Crippen molar-refractivity contribution < 1.29 is 9.90 Å². The van der Waals surface area contributed by atoms with Gasteiger partial charge in [-0.15, -0.1) is 0 Å². The maximum absolute atomic E-state index is 11.1. The monoisotopic (exact) mass is 213 g/mol. The molecule has 0 aromatic heterocycles. The lowest BCUT2D eigenvalue weighted by atomic mass is 10.0. The van der Waals surface area contributed by atoms with Crippen LogP contribution < -0.4 is 0 Å². The molecule has 1 aliphatic heterocycles. The molecule has 1 heterocycles. The van der Waals surface area contributed by atoms with Crippen LogP contribution in [-0.2, 0) is 0 Å². The van der Waals surface area contributed by atoms with Gasteiger partial charge in [-0.3, -0.25) is 0 Å². The maximum atomic E-state index is 11.1. The first-order valence-electron chi connectivity index (χ1n) is 6.25. The van der Waals surface area contributed by atoms with Gasteiger partial charge in [0.05, 0.1) is 0 Å². The van der Waals surface area contributed by atoms with Crippen molar-refractivity contribution in [1.29, 1.82) is 0 Å². The van der Waals surface area contributed by atoms with Crippen molar-refractivity contribution >= 4 is 6.09 Å². The summed E-state index contributed by atoms with van der Waals surface area (Å²) in [5, 5.41) is 9.12. The summed E-state index contributed by atoms with van der Waals surface area (Å²) in [6.07, 6.45) is 8.43. The van der Waals surface area contributed by atoms with Gasteiger partial charge >= 0.3 is 6.09 Å². The molecule has 0 saturated carbocycles. The van der Waals surface area contributed by atoms with Crippen LogP contribution in [0.25, 0.3) is 0 Å². The normalized spacial score (nSPS) is 22.5. The standard InChI is InChI=1S/C12H23NO2/c1-2-3-5-8-11-9-6-4-7-10-13(11)12(14)15/h11H,2-10H2,1H3,(H,14,15)/t11-/m0/s1. The van der Waals surface area contributed by atoms with Crippen LogP contribution in [0.15, 0.2) is 0 Å². The van der Waals surface area contributed by atoms with Gasteiger partial charge in [0.15, 0.2) is 0 Å². The van der Waals surface area contributed by atoms with E-state index in [0.29, 0.717) is 0 Å². The molecule has 1 fully saturated rings. The summed E-state index contributed by atoms with van der Waals surface area (Å²) < 4.78 is 0. The molecular formula is C12H23NO2. The molecule has 0 spiro atoms. The molecular weight excluding hydrogens is 190 g/mol. The average Bonchev–Trinajstić information content (AvgIpc) is 2.43. The van der Waals surface area contributed by atoms with Gasteiger partial charge in [-0.2, -0.15) is 0 Å². The molecule has 0 aliphatic carbocycles. The molecule has 0 aromatic carbocycles. The average molecular weight is 213 g/mol. The van der Waals surface area contributed by atoms with Gasteiger partial charge in [0.25, 0.3) is 0 Å². The third-order valence-corrected chi connectivity index (χ3v) is 3.26. The second-order valence-electron chi connectivity index (χ2n) is 4.47. The fraction of sp³-hybridized carbons (Fsp3) is 0.917. The molecule has 1 atom stereocenters. The van der Waals surface area contributed by atoms with E-state index < -0.39 is 6.09 Å². The Morgan fingerprint density at radius 1 is 1.33 bits per heavy atom. The van der Waals surface area contributed by atoms with Crippen LogP contribution in [0, 0.1) is 0 Å². The summed E-state index contributed by atoms with van der Waals surface area (Å²) in [6, 6.07) is 0.288. The lowest BCUT2D eigenvalue weighted by molar-refractivity contribution is 0.122. The van der Waals surface area contributed by atoms with E-state index >= 15 is 0 Å². The molecule has 1 aliphatic rings. The van der Waals surface area contributed by atoms with Gasteiger partial charge in [0.2, 0.25) is 0 Å². The van der Waals surface area contributed by atoms with Crippen molar-refractivity contribution in [2.24, 2.45) is 0 Å². The zero-order chi connectivity index (χ0) is 11.1. The minimum Gasteiger partial charge on any atom is -0.465 e. The molecule has 0 aromatic rings. The first-order valence-corrected chi connectivity index (χ1v) is 6.25. The molecule has 1 saturated heterocycles. The minimum absolute atomic E-state index is 0.288. The molecule has 0 unspecified atom stereocenters. The zero-order valence-corrected chi connectivity index (χ0v) is 9.74. The van der Waals surface area contributed by atoms with Crippen LogP contribution in [0.5, 0.6) is 0 Å². The first kappa shape index (κ1) is 12.3. The number of nitrogens with zero attached hydrogens (tertiary/aromatic N) is 1. The van der Waals surface area contributed by atoms with Gasteiger partial charge in [-0.1, -0.05) is 39.0 Å². The van der Waals surface area contributed by atoms with Crippen molar-refractivity contribution in [3.63, 3.8) is 0 Å². The van der Waals surface area contributed by atoms with E-state index in [4.69, 9.17) is 5.11 Å². The predicted molar refractivity (Wildman–Crippen MR) is 61.1 cm³/mol. The van der Waals surface area contributed by atoms with Crippen molar-refractivity contribution in [3.8, 4) is 0 Å². The number of carboxylic acid groups (broad SMARTS) is 1. The quantitative estimate of drug-likeness (QED) is 0.726. The van der Waals surface area contributed by atoms with Gasteiger partial charge in [-0.05, 0) is 19.3 Å². The molecule has 3 nitrogen and oxygen atoms in total. The van der Waals surface area contributed by atoms with Crippen LogP contribution >= 0.6 is 0 Å². The highest BCUT2D eigenvalue weighted by atomic mass is 16.4. The Morgan fingerprint density at radius 2 is 2.13 bits per heavy atom. The lowest BCUT2D eigenvalue weighted by Crippen LogP contribution is -2.38. The largest absolute Gasteiger partial charge is 0.465 e. The number of hydrogen-bond donors (Lipinski definition) is 1. The Balaban J connectivity index is 2.43. The number of likely N-dealkylation sites (tertiary alicyclic amines) is 1. The summed E-state index contributed by atoms with van der Waals surface area (Å²) in [5.74, 6) is 0. The second kappa shape index (κ2) is 6.70. The van der Waals surface area contributed by atoms with E-state index in [1.165, 1.54) is 32.1 Å². The first-order chi connectivity index (χ1) is 7.25.